The van der Waals surface area contributed by atoms with Crippen LogP contribution in [0, 0.1) is 11.3 Å². The standard InChI is InChI=1S/C16H14N2O4S/c1-18(15-9-4-3-8-14(15)16(19)22-2)23(20,21)13-7-5-6-12(10-13)11-17/h3-10H,1-2H3. The van der Waals surface area contributed by atoms with E-state index in [0.29, 0.717) is 0 Å². The first kappa shape index (κ1) is 16.5. The van der Waals surface area contributed by atoms with Crippen LogP contribution in [0.3, 0.4) is 0 Å². The molecule has 0 aromatic heterocycles. The van der Waals surface area contributed by atoms with Crippen molar-refractivity contribution in [3.63, 3.8) is 0 Å². The highest BCUT2D eigenvalue weighted by Gasteiger charge is 2.25. The molecule has 0 amide bonds. The molecule has 0 N–H and O–H groups in total. The van der Waals surface area contributed by atoms with Crippen molar-refractivity contribution >= 4 is 21.7 Å². The molecule has 0 unspecified atom stereocenters. The summed E-state index contributed by atoms with van der Waals surface area (Å²) in [5.41, 5.74) is 0.569. The second-order valence-corrected chi connectivity index (χ2v) is 6.59. The van der Waals surface area contributed by atoms with E-state index in [-0.39, 0.29) is 21.7 Å². The fourth-order valence-electron chi connectivity index (χ4n) is 2.04. The van der Waals surface area contributed by atoms with Crippen LogP contribution in [-0.4, -0.2) is 28.5 Å². The predicted octanol–water partition coefficient (Wildman–Crippen LogP) is 2.17. The highest BCUT2D eigenvalue weighted by atomic mass is 32.2. The average Bonchev–Trinajstić information content (AvgIpc) is 2.60. The molecule has 118 valence electrons. The molecular formula is C16H14N2O4S. The third kappa shape index (κ3) is 3.17. The highest BCUT2D eigenvalue weighted by molar-refractivity contribution is 7.92. The lowest BCUT2D eigenvalue weighted by atomic mass is 10.2. The summed E-state index contributed by atoms with van der Waals surface area (Å²) in [4.78, 5) is 11.8. The molecule has 23 heavy (non-hydrogen) atoms. The van der Waals surface area contributed by atoms with Crippen molar-refractivity contribution in [1.82, 2.24) is 0 Å². The lowest BCUT2D eigenvalue weighted by Crippen LogP contribution is -2.28. The number of esters is 1. The molecular weight excluding hydrogens is 316 g/mol. The van der Waals surface area contributed by atoms with Gasteiger partial charge in [0.05, 0.1) is 34.9 Å². The minimum Gasteiger partial charge on any atom is -0.465 e. The molecule has 2 aromatic rings. The van der Waals surface area contributed by atoms with Gasteiger partial charge in [-0.1, -0.05) is 18.2 Å². The summed E-state index contributed by atoms with van der Waals surface area (Å²) in [6, 6.07) is 13.8. The predicted molar refractivity (Wildman–Crippen MR) is 84.5 cm³/mol. The maximum Gasteiger partial charge on any atom is 0.340 e. The Kier molecular flexibility index (Phi) is 4.67. The lowest BCUT2D eigenvalue weighted by Gasteiger charge is -2.21. The topological polar surface area (TPSA) is 87.5 Å². The number of carbonyl (C=O) groups is 1. The van der Waals surface area contributed by atoms with E-state index >= 15 is 0 Å². The van der Waals surface area contributed by atoms with Crippen molar-refractivity contribution in [3.05, 3.63) is 59.7 Å². The number of benzene rings is 2. The zero-order valence-corrected chi connectivity index (χ0v) is 13.4. The van der Waals surface area contributed by atoms with Gasteiger partial charge in [-0.3, -0.25) is 4.31 Å². The Morgan fingerprint density at radius 2 is 1.87 bits per heavy atom. The van der Waals surface area contributed by atoms with E-state index in [1.165, 1.54) is 50.6 Å². The minimum absolute atomic E-state index is 0.0290. The average molecular weight is 330 g/mol. The number of nitrogens with zero attached hydrogens (tertiary/aromatic N) is 2. The molecule has 0 atom stereocenters. The van der Waals surface area contributed by atoms with E-state index in [1.54, 1.807) is 12.1 Å². The SMILES string of the molecule is COC(=O)c1ccccc1N(C)S(=O)(=O)c1cccc(C#N)c1. The van der Waals surface area contributed by atoms with Gasteiger partial charge in [0.1, 0.15) is 0 Å². The summed E-state index contributed by atoms with van der Waals surface area (Å²) in [5.74, 6) is -0.631. The van der Waals surface area contributed by atoms with Crippen LogP contribution in [0.15, 0.2) is 53.4 Å². The smallest absolute Gasteiger partial charge is 0.340 e. The number of sulfonamides is 1. The molecule has 0 spiro atoms. The van der Waals surface area contributed by atoms with Gasteiger partial charge >= 0.3 is 5.97 Å². The van der Waals surface area contributed by atoms with Crippen LogP contribution in [-0.2, 0) is 14.8 Å². The Morgan fingerprint density at radius 3 is 2.52 bits per heavy atom. The molecule has 0 heterocycles. The number of rotatable bonds is 4. The van der Waals surface area contributed by atoms with Gasteiger partial charge in [-0.05, 0) is 30.3 Å². The van der Waals surface area contributed by atoms with Gasteiger partial charge < -0.3 is 4.74 Å². The first-order chi connectivity index (χ1) is 10.9. The molecule has 0 radical (unpaired) electrons. The molecule has 0 saturated carbocycles. The Balaban J connectivity index is 2.53. The number of nitriles is 1. The van der Waals surface area contributed by atoms with E-state index in [1.807, 2.05) is 6.07 Å². The number of ether oxygens (including phenoxy) is 1. The van der Waals surface area contributed by atoms with E-state index in [0.717, 1.165) is 4.31 Å². The second-order valence-electron chi connectivity index (χ2n) is 4.62. The van der Waals surface area contributed by atoms with E-state index in [9.17, 15) is 13.2 Å². The van der Waals surface area contributed by atoms with Crippen molar-refractivity contribution in [1.29, 1.82) is 5.26 Å². The van der Waals surface area contributed by atoms with Gasteiger partial charge in [-0.25, -0.2) is 13.2 Å². The van der Waals surface area contributed by atoms with E-state index in [4.69, 9.17) is 5.26 Å². The summed E-state index contributed by atoms with van der Waals surface area (Å²) in [6.07, 6.45) is 0. The van der Waals surface area contributed by atoms with Crippen LogP contribution in [0.2, 0.25) is 0 Å². The Morgan fingerprint density at radius 1 is 1.17 bits per heavy atom. The molecule has 0 aliphatic carbocycles. The van der Waals surface area contributed by atoms with Gasteiger partial charge in [0.2, 0.25) is 0 Å². The van der Waals surface area contributed by atoms with Gasteiger partial charge in [-0.15, -0.1) is 0 Å². The molecule has 0 bridgehead atoms. The maximum absolute atomic E-state index is 12.7. The fourth-order valence-corrected chi connectivity index (χ4v) is 3.31. The third-order valence-electron chi connectivity index (χ3n) is 3.27. The van der Waals surface area contributed by atoms with E-state index in [2.05, 4.69) is 4.74 Å². The lowest BCUT2D eigenvalue weighted by molar-refractivity contribution is 0.0601. The summed E-state index contributed by atoms with van der Waals surface area (Å²) >= 11 is 0. The fraction of sp³-hybridized carbons (Fsp3) is 0.125. The Labute approximate surface area is 134 Å². The molecule has 0 aliphatic rings. The van der Waals surface area contributed by atoms with Crippen LogP contribution in [0.5, 0.6) is 0 Å². The quantitative estimate of drug-likeness (QED) is 0.802. The zero-order valence-electron chi connectivity index (χ0n) is 12.6. The molecule has 0 aliphatic heterocycles. The van der Waals surface area contributed by atoms with Crippen LogP contribution in [0.4, 0.5) is 5.69 Å². The van der Waals surface area contributed by atoms with Crippen LogP contribution in [0.1, 0.15) is 15.9 Å². The van der Waals surface area contributed by atoms with Gasteiger partial charge in [0.15, 0.2) is 0 Å². The highest BCUT2D eigenvalue weighted by Crippen LogP contribution is 2.26. The normalized spacial score (nSPS) is 10.7. The Hall–Kier alpha value is -2.85. The van der Waals surface area contributed by atoms with Crippen molar-refractivity contribution in [2.75, 3.05) is 18.5 Å². The van der Waals surface area contributed by atoms with Crippen molar-refractivity contribution < 1.29 is 17.9 Å². The molecule has 6 nitrogen and oxygen atoms in total. The van der Waals surface area contributed by atoms with Crippen LogP contribution < -0.4 is 4.31 Å². The minimum atomic E-state index is -3.91. The first-order valence-corrected chi connectivity index (χ1v) is 8.02. The molecule has 0 fully saturated rings. The monoisotopic (exact) mass is 330 g/mol. The number of hydrogen-bond donors (Lipinski definition) is 0. The maximum atomic E-state index is 12.7. The van der Waals surface area contributed by atoms with Crippen molar-refractivity contribution in [3.8, 4) is 6.07 Å². The molecule has 7 heteroatoms. The van der Waals surface area contributed by atoms with Crippen LogP contribution in [0.25, 0.3) is 0 Å². The number of anilines is 1. The van der Waals surface area contributed by atoms with Crippen molar-refractivity contribution in [2.45, 2.75) is 4.90 Å². The summed E-state index contributed by atoms with van der Waals surface area (Å²) in [5, 5.41) is 8.91. The van der Waals surface area contributed by atoms with Gasteiger partial charge in [0.25, 0.3) is 10.0 Å². The number of hydrogen-bond acceptors (Lipinski definition) is 5. The second kappa shape index (κ2) is 6.50. The molecule has 0 saturated heterocycles. The van der Waals surface area contributed by atoms with Crippen molar-refractivity contribution in [2.24, 2.45) is 0 Å². The number of para-hydroxylation sites is 1. The van der Waals surface area contributed by atoms with E-state index < -0.39 is 16.0 Å². The third-order valence-corrected chi connectivity index (χ3v) is 5.04. The van der Waals surface area contributed by atoms with Crippen LogP contribution >= 0.6 is 0 Å². The number of carbonyl (C=O) groups excluding carboxylic acids is 1. The molecule has 2 aromatic carbocycles. The largest absolute Gasteiger partial charge is 0.465 e. The van der Waals surface area contributed by atoms with Gasteiger partial charge in [-0.2, -0.15) is 5.26 Å². The zero-order chi connectivity index (χ0) is 17.0. The summed E-state index contributed by atoms with van der Waals surface area (Å²) in [6.45, 7) is 0. The summed E-state index contributed by atoms with van der Waals surface area (Å²) in [7, 11) is -1.34. The Bertz CT molecular complexity index is 885. The summed E-state index contributed by atoms with van der Waals surface area (Å²) < 4.78 is 31.1. The molecule has 2 rings (SSSR count). The first-order valence-electron chi connectivity index (χ1n) is 6.58. The van der Waals surface area contributed by atoms with Gasteiger partial charge in [0, 0.05) is 7.05 Å². The number of methoxy groups -OCH3 is 1.